The van der Waals surface area contributed by atoms with Crippen LogP contribution in [0.2, 0.25) is 0 Å². The van der Waals surface area contributed by atoms with Crippen molar-refractivity contribution >= 4 is 11.9 Å². The molecule has 5 nitrogen and oxygen atoms in total. The van der Waals surface area contributed by atoms with Crippen LogP contribution < -0.4 is 5.32 Å². The summed E-state index contributed by atoms with van der Waals surface area (Å²) in [5.74, 6) is -0.612. The van der Waals surface area contributed by atoms with Crippen LogP contribution in [-0.4, -0.2) is 36.7 Å². The smallest absolute Gasteiger partial charge is 0.323 e. The van der Waals surface area contributed by atoms with Gasteiger partial charge in [-0.1, -0.05) is 0 Å². The van der Waals surface area contributed by atoms with Crippen molar-refractivity contribution in [3.8, 4) is 0 Å². The number of hydrogen-bond acceptors (Lipinski definition) is 5. The molecular weight excluding hydrogens is 234 g/mol. The number of carbonyl (C=O) groups is 2. The van der Waals surface area contributed by atoms with Gasteiger partial charge in [0.15, 0.2) is 0 Å². The maximum atomic E-state index is 11.8. The second kappa shape index (κ2) is 8.08. The van der Waals surface area contributed by atoms with Gasteiger partial charge in [-0.15, -0.1) is 0 Å². The third-order valence-electron chi connectivity index (χ3n) is 2.12. The lowest BCUT2D eigenvalue weighted by atomic mass is 10.0. The molecule has 0 radical (unpaired) electrons. The Labute approximate surface area is 109 Å². The molecule has 0 saturated carbocycles. The van der Waals surface area contributed by atoms with Crippen LogP contribution in [0.1, 0.15) is 47.5 Å². The molecule has 0 fully saturated rings. The molecule has 0 bridgehead atoms. The molecule has 18 heavy (non-hydrogen) atoms. The first-order valence-corrected chi connectivity index (χ1v) is 6.40. The minimum Gasteiger partial charge on any atom is -0.466 e. The fourth-order valence-corrected chi connectivity index (χ4v) is 1.51. The van der Waals surface area contributed by atoms with Gasteiger partial charge in [0, 0.05) is 12.0 Å². The van der Waals surface area contributed by atoms with Crippen LogP contribution in [0.25, 0.3) is 0 Å². The highest BCUT2D eigenvalue weighted by Crippen LogP contribution is 2.08. The van der Waals surface area contributed by atoms with E-state index in [0.29, 0.717) is 19.6 Å². The molecule has 0 aromatic carbocycles. The van der Waals surface area contributed by atoms with E-state index in [4.69, 9.17) is 9.47 Å². The standard InChI is InChI=1S/C13H25NO4/c1-6-17-11(15)9-8-10(12(16)18-7-2)14-13(3,4)5/h10,14H,6-9H2,1-5H3/t10-/m1/s1. The maximum absolute atomic E-state index is 11.8. The van der Waals surface area contributed by atoms with Gasteiger partial charge in [-0.25, -0.2) is 0 Å². The Bertz CT molecular complexity index is 271. The highest BCUT2D eigenvalue weighted by molar-refractivity contribution is 5.77. The van der Waals surface area contributed by atoms with Crippen molar-refractivity contribution in [2.24, 2.45) is 0 Å². The van der Waals surface area contributed by atoms with Gasteiger partial charge in [0.2, 0.25) is 0 Å². The van der Waals surface area contributed by atoms with E-state index in [1.807, 2.05) is 20.8 Å². The molecular formula is C13H25NO4. The Kier molecular flexibility index (Phi) is 7.59. The molecule has 1 atom stereocenters. The molecule has 0 spiro atoms. The molecule has 0 heterocycles. The normalized spacial score (nSPS) is 12.9. The Morgan fingerprint density at radius 2 is 1.67 bits per heavy atom. The van der Waals surface area contributed by atoms with Crippen molar-refractivity contribution < 1.29 is 19.1 Å². The van der Waals surface area contributed by atoms with Crippen LogP contribution in [0.5, 0.6) is 0 Å². The van der Waals surface area contributed by atoms with Gasteiger partial charge in [-0.05, 0) is 41.0 Å². The highest BCUT2D eigenvalue weighted by Gasteiger charge is 2.25. The van der Waals surface area contributed by atoms with Crippen LogP contribution in [-0.2, 0) is 19.1 Å². The Morgan fingerprint density at radius 1 is 1.11 bits per heavy atom. The van der Waals surface area contributed by atoms with E-state index in [-0.39, 0.29) is 23.9 Å². The number of nitrogens with one attached hydrogen (secondary N) is 1. The summed E-state index contributed by atoms with van der Waals surface area (Å²) in [6, 6.07) is -0.477. The third-order valence-corrected chi connectivity index (χ3v) is 2.12. The van der Waals surface area contributed by atoms with Gasteiger partial charge in [0.05, 0.1) is 13.2 Å². The molecule has 106 valence electrons. The summed E-state index contributed by atoms with van der Waals surface area (Å²) in [7, 11) is 0. The van der Waals surface area contributed by atoms with Crippen molar-refractivity contribution in [2.75, 3.05) is 13.2 Å². The lowest BCUT2D eigenvalue weighted by Gasteiger charge is -2.27. The van der Waals surface area contributed by atoms with Crippen molar-refractivity contribution in [3.05, 3.63) is 0 Å². The summed E-state index contributed by atoms with van der Waals surface area (Å²) < 4.78 is 9.83. The zero-order valence-corrected chi connectivity index (χ0v) is 12.0. The summed E-state index contributed by atoms with van der Waals surface area (Å²) >= 11 is 0. The van der Waals surface area contributed by atoms with Crippen molar-refractivity contribution in [1.29, 1.82) is 0 Å². The number of esters is 2. The van der Waals surface area contributed by atoms with E-state index in [2.05, 4.69) is 5.32 Å². The van der Waals surface area contributed by atoms with Gasteiger partial charge in [0.1, 0.15) is 6.04 Å². The number of rotatable bonds is 7. The van der Waals surface area contributed by atoms with Crippen molar-refractivity contribution in [2.45, 2.75) is 59.0 Å². The van der Waals surface area contributed by atoms with E-state index in [9.17, 15) is 9.59 Å². The summed E-state index contributed by atoms with van der Waals surface area (Å²) in [5.41, 5.74) is -0.216. The van der Waals surface area contributed by atoms with E-state index in [0.717, 1.165) is 0 Å². The van der Waals surface area contributed by atoms with Crippen LogP contribution in [0, 0.1) is 0 Å². The fourth-order valence-electron chi connectivity index (χ4n) is 1.51. The van der Waals surface area contributed by atoms with Crippen LogP contribution in [0.15, 0.2) is 0 Å². The average molecular weight is 259 g/mol. The highest BCUT2D eigenvalue weighted by atomic mass is 16.5. The predicted octanol–water partition coefficient (Wildman–Crippen LogP) is 1.65. The molecule has 0 aliphatic heterocycles. The first-order valence-electron chi connectivity index (χ1n) is 6.40. The number of hydrogen-bond donors (Lipinski definition) is 1. The van der Waals surface area contributed by atoms with E-state index >= 15 is 0 Å². The Hall–Kier alpha value is -1.10. The zero-order chi connectivity index (χ0) is 14.2. The largest absolute Gasteiger partial charge is 0.466 e. The molecule has 0 unspecified atom stereocenters. The molecule has 0 saturated heterocycles. The van der Waals surface area contributed by atoms with Gasteiger partial charge >= 0.3 is 11.9 Å². The molecule has 1 N–H and O–H groups in total. The van der Waals surface area contributed by atoms with E-state index < -0.39 is 6.04 Å². The molecule has 5 heteroatoms. The molecule has 0 amide bonds. The molecule has 0 aliphatic rings. The first kappa shape index (κ1) is 16.9. The van der Waals surface area contributed by atoms with E-state index in [1.165, 1.54) is 0 Å². The van der Waals surface area contributed by atoms with Crippen molar-refractivity contribution in [3.63, 3.8) is 0 Å². The molecule has 0 aliphatic carbocycles. The topological polar surface area (TPSA) is 64.6 Å². The zero-order valence-electron chi connectivity index (χ0n) is 12.0. The predicted molar refractivity (Wildman–Crippen MR) is 69.2 cm³/mol. The summed E-state index contributed by atoms with van der Waals surface area (Å²) in [4.78, 5) is 23.0. The lowest BCUT2D eigenvalue weighted by Crippen LogP contribution is -2.48. The molecule has 0 rings (SSSR count). The van der Waals surface area contributed by atoms with Crippen molar-refractivity contribution in [1.82, 2.24) is 5.32 Å². The molecule has 0 aromatic heterocycles. The fraction of sp³-hybridized carbons (Fsp3) is 0.846. The second-order valence-corrected chi connectivity index (χ2v) is 5.04. The van der Waals surface area contributed by atoms with Crippen LogP contribution in [0.3, 0.4) is 0 Å². The Morgan fingerprint density at radius 3 is 2.11 bits per heavy atom. The van der Waals surface area contributed by atoms with Gasteiger partial charge in [0.25, 0.3) is 0 Å². The maximum Gasteiger partial charge on any atom is 0.323 e. The quantitative estimate of drug-likeness (QED) is 0.704. The summed E-state index contributed by atoms with van der Waals surface area (Å²) in [5, 5.41) is 3.16. The third kappa shape index (κ3) is 8.06. The lowest BCUT2D eigenvalue weighted by molar-refractivity contribution is -0.147. The minimum atomic E-state index is -0.477. The summed E-state index contributed by atoms with van der Waals surface area (Å²) in [6.07, 6.45) is 0.593. The van der Waals surface area contributed by atoms with Crippen LogP contribution in [0.4, 0.5) is 0 Å². The SMILES string of the molecule is CCOC(=O)CC[C@@H](NC(C)(C)C)C(=O)OCC. The first-order chi connectivity index (χ1) is 8.30. The van der Waals surface area contributed by atoms with Crippen LogP contribution >= 0.6 is 0 Å². The Balaban J connectivity index is 4.38. The van der Waals surface area contributed by atoms with Gasteiger partial charge in [-0.2, -0.15) is 0 Å². The monoisotopic (exact) mass is 259 g/mol. The van der Waals surface area contributed by atoms with Gasteiger partial charge < -0.3 is 9.47 Å². The second-order valence-electron chi connectivity index (χ2n) is 5.04. The average Bonchev–Trinajstić information content (AvgIpc) is 2.23. The molecule has 0 aromatic rings. The number of carbonyl (C=O) groups excluding carboxylic acids is 2. The van der Waals surface area contributed by atoms with Gasteiger partial charge in [-0.3, -0.25) is 14.9 Å². The minimum absolute atomic E-state index is 0.209. The number of ether oxygens (including phenoxy) is 2. The summed E-state index contributed by atoms with van der Waals surface area (Å²) in [6.45, 7) is 10.1. The van der Waals surface area contributed by atoms with E-state index in [1.54, 1.807) is 13.8 Å².